The van der Waals surface area contributed by atoms with Gasteiger partial charge in [-0.15, -0.1) is 0 Å². The summed E-state index contributed by atoms with van der Waals surface area (Å²) in [6.07, 6.45) is 3.16. The van der Waals surface area contributed by atoms with E-state index < -0.39 is 0 Å². The molecule has 2 aromatic carbocycles. The lowest BCUT2D eigenvalue weighted by atomic mass is 10.1. The van der Waals surface area contributed by atoms with E-state index in [1.165, 1.54) is 6.92 Å². The molecule has 0 radical (unpaired) electrons. The first kappa shape index (κ1) is 20.2. The van der Waals surface area contributed by atoms with Crippen LogP contribution >= 0.6 is 0 Å². The Labute approximate surface area is 159 Å². The van der Waals surface area contributed by atoms with Crippen LogP contribution in [-0.4, -0.2) is 24.3 Å². The van der Waals surface area contributed by atoms with Gasteiger partial charge in [0.2, 0.25) is 5.91 Å². The Morgan fingerprint density at radius 1 is 0.741 bits per heavy atom. The summed E-state index contributed by atoms with van der Waals surface area (Å²) in [6.45, 7) is 4.21. The molecule has 0 aliphatic heterocycles. The summed E-state index contributed by atoms with van der Waals surface area (Å²) in [7, 11) is 0. The van der Waals surface area contributed by atoms with Gasteiger partial charge in [-0.3, -0.25) is 14.4 Å². The maximum Gasteiger partial charge on any atom is 0.255 e. The first-order valence-corrected chi connectivity index (χ1v) is 9.07. The summed E-state index contributed by atoms with van der Waals surface area (Å²) in [5.74, 6) is -0.551. The molecule has 0 aliphatic rings. The second-order valence-corrected chi connectivity index (χ2v) is 6.25. The average Bonchev–Trinajstić information content (AvgIpc) is 2.66. The SMILES string of the molecule is CCCCCNC(=O)c1ccc(C(=O)Nc2ccc(NC(C)=O)cc2)cc1. The zero-order chi connectivity index (χ0) is 19.6. The minimum absolute atomic E-state index is 0.133. The molecule has 6 nitrogen and oxygen atoms in total. The van der Waals surface area contributed by atoms with Crippen molar-refractivity contribution in [2.24, 2.45) is 0 Å². The van der Waals surface area contributed by atoms with Gasteiger partial charge in [-0.05, 0) is 55.0 Å². The molecule has 2 aromatic rings. The quantitative estimate of drug-likeness (QED) is 0.620. The van der Waals surface area contributed by atoms with Crippen molar-refractivity contribution in [3.05, 3.63) is 59.7 Å². The van der Waals surface area contributed by atoms with Crippen LogP contribution in [0.15, 0.2) is 48.5 Å². The second-order valence-electron chi connectivity index (χ2n) is 6.25. The monoisotopic (exact) mass is 367 g/mol. The molecular weight excluding hydrogens is 342 g/mol. The fourth-order valence-corrected chi connectivity index (χ4v) is 2.50. The van der Waals surface area contributed by atoms with Gasteiger partial charge in [0.05, 0.1) is 0 Å². The first-order chi connectivity index (χ1) is 13.0. The molecule has 0 saturated carbocycles. The largest absolute Gasteiger partial charge is 0.352 e. The van der Waals surface area contributed by atoms with E-state index in [1.54, 1.807) is 48.5 Å². The highest BCUT2D eigenvalue weighted by Gasteiger charge is 2.09. The van der Waals surface area contributed by atoms with Crippen LogP contribution in [0.1, 0.15) is 53.8 Å². The fourth-order valence-electron chi connectivity index (χ4n) is 2.50. The van der Waals surface area contributed by atoms with Crippen molar-refractivity contribution in [1.82, 2.24) is 5.32 Å². The average molecular weight is 367 g/mol. The van der Waals surface area contributed by atoms with Crippen LogP contribution in [0, 0.1) is 0 Å². The van der Waals surface area contributed by atoms with E-state index in [2.05, 4.69) is 22.9 Å². The Balaban J connectivity index is 1.91. The van der Waals surface area contributed by atoms with Gasteiger partial charge in [-0.25, -0.2) is 0 Å². The van der Waals surface area contributed by atoms with E-state index in [4.69, 9.17) is 0 Å². The molecule has 0 aromatic heterocycles. The molecule has 0 atom stereocenters. The van der Waals surface area contributed by atoms with Crippen LogP contribution in [0.25, 0.3) is 0 Å². The summed E-state index contributed by atoms with van der Waals surface area (Å²) in [4.78, 5) is 35.4. The summed E-state index contributed by atoms with van der Waals surface area (Å²) >= 11 is 0. The number of carbonyl (C=O) groups is 3. The minimum Gasteiger partial charge on any atom is -0.352 e. The summed E-state index contributed by atoms with van der Waals surface area (Å²) in [5.41, 5.74) is 2.27. The number of anilines is 2. The highest BCUT2D eigenvalue weighted by Crippen LogP contribution is 2.15. The molecule has 142 valence electrons. The van der Waals surface area contributed by atoms with E-state index >= 15 is 0 Å². The molecule has 0 fully saturated rings. The van der Waals surface area contributed by atoms with Gasteiger partial charge in [0.1, 0.15) is 0 Å². The van der Waals surface area contributed by atoms with E-state index in [0.717, 1.165) is 19.3 Å². The van der Waals surface area contributed by atoms with Crippen LogP contribution < -0.4 is 16.0 Å². The molecule has 0 aliphatic carbocycles. The van der Waals surface area contributed by atoms with Gasteiger partial charge in [-0.2, -0.15) is 0 Å². The van der Waals surface area contributed by atoms with Crippen molar-refractivity contribution in [2.45, 2.75) is 33.1 Å². The van der Waals surface area contributed by atoms with Crippen molar-refractivity contribution < 1.29 is 14.4 Å². The number of amides is 3. The van der Waals surface area contributed by atoms with Crippen molar-refractivity contribution in [1.29, 1.82) is 0 Å². The van der Waals surface area contributed by atoms with Gasteiger partial charge in [-0.1, -0.05) is 19.8 Å². The highest BCUT2D eigenvalue weighted by atomic mass is 16.2. The third kappa shape index (κ3) is 6.58. The lowest BCUT2D eigenvalue weighted by Crippen LogP contribution is -2.24. The Hall–Kier alpha value is -3.15. The summed E-state index contributed by atoms with van der Waals surface area (Å²) < 4.78 is 0. The molecule has 0 spiro atoms. The number of nitrogens with one attached hydrogen (secondary N) is 3. The number of unbranched alkanes of at least 4 members (excludes halogenated alkanes) is 2. The number of hydrogen-bond acceptors (Lipinski definition) is 3. The fraction of sp³-hybridized carbons (Fsp3) is 0.286. The lowest BCUT2D eigenvalue weighted by Gasteiger charge is -2.08. The molecule has 0 saturated heterocycles. The van der Waals surface area contributed by atoms with Gasteiger partial charge in [0.15, 0.2) is 0 Å². The predicted octanol–water partition coefficient (Wildman–Crippen LogP) is 3.82. The standard InChI is InChI=1S/C21H25N3O3/c1-3-4-5-14-22-20(26)16-6-8-17(9-7-16)21(27)24-19-12-10-18(11-13-19)23-15(2)25/h6-13H,3-5,14H2,1-2H3,(H,22,26)(H,23,25)(H,24,27). The van der Waals surface area contributed by atoms with Crippen molar-refractivity contribution in [2.75, 3.05) is 17.2 Å². The molecular formula is C21H25N3O3. The predicted molar refractivity (Wildman–Crippen MR) is 107 cm³/mol. The van der Waals surface area contributed by atoms with Gasteiger partial charge >= 0.3 is 0 Å². The smallest absolute Gasteiger partial charge is 0.255 e. The van der Waals surface area contributed by atoms with E-state index in [9.17, 15) is 14.4 Å². The van der Waals surface area contributed by atoms with Crippen molar-refractivity contribution >= 4 is 29.1 Å². The van der Waals surface area contributed by atoms with Crippen molar-refractivity contribution in [3.63, 3.8) is 0 Å². The van der Waals surface area contributed by atoms with Crippen LogP contribution in [0.2, 0.25) is 0 Å². The molecule has 3 amide bonds. The van der Waals surface area contributed by atoms with E-state index in [1.807, 2.05) is 0 Å². The first-order valence-electron chi connectivity index (χ1n) is 9.07. The molecule has 27 heavy (non-hydrogen) atoms. The van der Waals surface area contributed by atoms with Crippen LogP contribution in [0.5, 0.6) is 0 Å². The zero-order valence-corrected chi connectivity index (χ0v) is 15.7. The molecule has 0 unspecified atom stereocenters. The summed E-state index contributed by atoms with van der Waals surface area (Å²) in [5, 5.41) is 8.32. The van der Waals surface area contributed by atoms with Crippen molar-refractivity contribution in [3.8, 4) is 0 Å². The van der Waals surface area contributed by atoms with Gasteiger partial charge in [0.25, 0.3) is 11.8 Å². The zero-order valence-electron chi connectivity index (χ0n) is 15.7. The molecule has 3 N–H and O–H groups in total. The molecule has 0 bridgehead atoms. The normalized spacial score (nSPS) is 10.1. The Morgan fingerprint density at radius 2 is 1.26 bits per heavy atom. The number of rotatable bonds is 8. The number of hydrogen-bond donors (Lipinski definition) is 3. The third-order valence-corrected chi connectivity index (χ3v) is 3.94. The Bertz CT molecular complexity index is 783. The second kappa shape index (κ2) is 10.1. The topological polar surface area (TPSA) is 87.3 Å². The minimum atomic E-state index is -0.266. The number of carbonyl (C=O) groups excluding carboxylic acids is 3. The lowest BCUT2D eigenvalue weighted by molar-refractivity contribution is -0.114. The van der Waals surface area contributed by atoms with E-state index in [0.29, 0.717) is 29.0 Å². The highest BCUT2D eigenvalue weighted by molar-refractivity contribution is 6.05. The van der Waals surface area contributed by atoms with E-state index in [-0.39, 0.29) is 17.7 Å². The van der Waals surface area contributed by atoms with Crippen LogP contribution in [0.3, 0.4) is 0 Å². The Kier molecular flexibility index (Phi) is 7.55. The van der Waals surface area contributed by atoms with Crippen LogP contribution in [0.4, 0.5) is 11.4 Å². The third-order valence-electron chi connectivity index (χ3n) is 3.94. The maximum atomic E-state index is 12.3. The molecule has 6 heteroatoms. The molecule has 0 heterocycles. The number of benzene rings is 2. The maximum absolute atomic E-state index is 12.3. The summed E-state index contributed by atoms with van der Waals surface area (Å²) in [6, 6.07) is 13.4. The van der Waals surface area contributed by atoms with Gasteiger partial charge in [0, 0.05) is 36.0 Å². The molecule has 2 rings (SSSR count). The van der Waals surface area contributed by atoms with Gasteiger partial charge < -0.3 is 16.0 Å². The van der Waals surface area contributed by atoms with Crippen LogP contribution in [-0.2, 0) is 4.79 Å². The Morgan fingerprint density at radius 3 is 1.78 bits per heavy atom.